The summed E-state index contributed by atoms with van der Waals surface area (Å²) in [6.45, 7) is 0.627. The van der Waals surface area contributed by atoms with Crippen LogP contribution in [0.3, 0.4) is 0 Å². The zero-order chi connectivity index (χ0) is 20.4. The first-order valence-electron chi connectivity index (χ1n) is 8.71. The molecule has 3 rings (SSSR count). The highest BCUT2D eigenvalue weighted by molar-refractivity contribution is 5.92. The van der Waals surface area contributed by atoms with Crippen molar-refractivity contribution in [3.05, 3.63) is 54.5 Å². The van der Waals surface area contributed by atoms with Gasteiger partial charge in [0.25, 0.3) is 0 Å². The van der Waals surface area contributed by atoms with Crippen LogP contribution in [0.2, 0.25) is 0 Å². The molecule has 0 saturated carbocycles. The van der Waals surface area contributed by atoms with Gasteiger partial charge in [-0.1, -0.05) is 13.0 Å². The number of nitrogens with one attached hydrogen (secondary N) is 2. The van der Waals surface area contributed by atoms with Gasteiger partial charge in [-0.05, 0) is 42.9 Å². The van der Waals surface area contributed by atoms with Crippen molar-refractivity contribution < 1.29 is 22.7 Å². The van der Waals surface area contributed by atoms with Crippen molar-refractivity contribution >= 4 is 16.6 Å². The summed E-state index contributed by atoms with van der Waals surface area (Å²) in [5, 5.41) is 20.2. The number of benzene rings is 2. The maximum absolute atomic E-state index is 13.3. The molecule has 150 valence electrons. The van der Waals surface area contributed by atoms with Gasteiger partial charge in [-0.25, -0.2) is 9.07 Å². The fourth-order valence-corrected chi connectivity index (χ4v) is 2.83. The number of anilines is 1. The first-order valence-corrected chi connectivity index (χ1v) is 8.71. The highest BCUT2D eigenvalue weighted by Gasteiger charge is 2.53. The maximum Gasteiger partial charge on any atom is 0.420 e. The van der Waals surface area contributed by atoms with E-state index in [2.05, 4.69) is 15.7 Å². The molecule has 0 aliphatic rings. The molecule has 0 bridgehead atoms. The third-order valence-electron chi connectivity index (χ3n) is 4.45. The molecule has 9 heteroatoms. The summed E-state index contributed by atoms with van der Waals surface area (Å²) in [6, 6.07) is 10.8. The van der Waals surface area contributed by atoms with Gasteiger partial charge in [0.05, 0.1) is 23.9 Å². The van der Waals surface area contributed by atoms with Crippen LogP contribution in [0.25, 0.3) is 16.6 Å². The third kappa shape index (κ3) is 3.95. The van der Waals surface area contributed by atoms with Gasteiger partial charge in [-0.3, -0.25) is 0 Å². The maximum atomic E-state index is 13.3. The number of alkyl halides is 3. The average molecular weight is 396 g/mol. The smallest absolute Gasteiger partial charge is 0.381 e. The van der Waals surface area contributed by atoms with Gasteiger partial charge < -0.3 is 15.7 Å². The van der Waals surface area contributed by atoms with E-state index < -0.39 is 24.9 Å². The number of hydrogen-bond donors (Lipinski definition) is 3. The monoisotopic (exact) mass is 396 g/mol. The van der Waals surface area contributed by atoms with E-state index in [4.69, 9.17) is 0 Å². The fourth-order valence-electron chi connectivity index (χ4n) is 2.83. The first-order chi connectivity index (χ1) is 13.2. The quantitative estimate of drug-likeness (QED) is 0.535. The number of nitrogens with zero attached hydrogens (tertiary/aromatic N) is 2. The molecule has 3 aromatic rings. The Morgan fingerprint density at radius 2 is 1.79 bits per heavy atom. The summed E-state index contributed by atoms with van der Waals surface area (Å²) in [5.74, 6) is -0.380. The van der Waals surface area contributed by atoms with Gasteiger partial charge in [0.2, 0.25) is 0 Å². The lowest BCUT2D eigenvalue weighted by Gasteiger charge is -2.31. The zero-order valence-electron chi connectivity index (χ0n) is 15.1. The van der Waals surface area contributed by atoms with Crippen molar-refractivity contribution in [3.8, 4) is 5.69 Å². The lowest BCUT2D eigenvalue weighted by molar-refractivity contribution is -0.252. The highest BCUT2D eigenvalue weighted by Crippen LogP contribution is 2.32. The van der Waals surface area contributed by atoms with E-state index in [-0.39, 0.29) is 5.82 Å². The Labute approximate surface area is 159 Å². The number of rotatable bonds is 7. The summed E-state index contributed by atoms with van der Waals surface area (Å²) in [5.41, 5.74) is -1.26. The van der Waals surface area contributed by atoms with E-state index in [9.17, 15) is 22.7 Å². The first kappa shape index (κ1) is 20.1. The second-order valence-corrected chi connectivity index (χ2v) is 6.43. The van der Waals surface area contributed by atoms with Gasteiger partial charge in [-0.2, -0.15) is 18.3 Å². The Hall–Kier alpha value is -2.65. The van der Waals surface area contributed by atoms with E-state index in [1.807, 2.05) is 0 Å². The van der Waals surface area contributed by atoms with Crippen LogP contribution in [0.4, 0.5) is 23.2 Å². The molecule has 0 spiro atoms. The standard InChI is InChI=1S/C19H20F4N4O/c1-2-24-11-18(28,19(21,22)23)12-25-16-4-3-5-17-15(16)10-26-27(17)14-8-6-13(20)7-9-14/h3-10,24-25,28H,2,11-12H2,1H3. The molecule has 1 unspecified atom stereocenters. The van der Waals surface area contributed by atoms with Crippen LogP contribution in [0, 0.1) is 5.82 Å². The van der Waals surface area contributed by atoms with E-state index in [1.165, 1.54) is 18.3 Å². The van der Waals surface area contributed by atoms with Gasteiger partial charge in [0, 0.05) is 17.6 Å². The fraction of sp³-hybridized carbons (Fsp3) is 0.316. The molecule has 0 saturated heterocycles. The summed E-state index contributed by atoms with van der Waals surface area (Å²) in [6.07, 6.45) is -3.29. The third-order valence-corrected chi connectivity index (χ3v) is 4.45. The molecule has 0 radical (unpaired) electrons. The summed E-state index contributed by atoms with van der Waals surface area (Å²) >= 11 is 0. The van der Waals surface area contributed by atoms with Gasteiger partial charge in [0.1, 0.15) is 5.82 Å². The van der Waals surface area contributed by atoms with Crippen LogP contribution in [0.15, 0.2) is 48.7 Å². The Bertz CT molecular complexity index is 939. The van der Waals surface area contributed by atoms with Crippen molar-refractivity contribution in [2.45, 2.75) is 18.7 Å². The van der Waals surface area contributed by atoms with Crippen molar-refractivity contribution in [3.63, 3.8) is 0 Å². The number of hydrogen-bond acceptors (Lipinski definition) is 4. The summed E-state index contributed by atoms with van der Waals surface area (Å²) in [7, 11) is 0. The minimum Gasteiger partial charge on any atom is -0.381 e. The molecular formula is C19H20F4N4O. The zero-order valence-corrected chi connectivity index (χ0v) is 15.1. The largest absolute Gasteiger partial charge is 0.420 e. The van der Waals surface area contributed by atoms with Crippen LogP contribution in [0.5, 0.6) is 0 Å². The number of likely N-dealkylation sites (N-methyl/N-ethyl adjacent to an activating group) is 1. The second kappa shape index (κ2) is 7.76. The predicted octanol–water partition coefficient (Wildman–Crippen LogP) is 3.48. The lowest BCUT2D eigenvalue weighted by atomic mass is 10.0. The molecule has 3 N–H and O–H groups in total. The Morgan fingerprint density at radius 3 is 2.43 bits per heavy atom. The molecule has 0 amide bonds. The minimum absolute atomic E-state index is 0.304. The Kier molecular flexibility index (Phi) is 5.57. The van der Waals surface area contributed by atoms with E-state index in [1.54, 1.807) is 41.9 Å². The Balaban J connectivity index is 1.89. The van der Waals surface area contributed by atoms with Crippen molar-refractivity contribution in [2.24, 2.45) is 0 Å². The van der Waals surface area contributed by atoms with Gasteiger partial charge >= 0.3 is 6.18 Å². The lowest BCUT2D eigenvalue weighted by Crippen LogP contribution is -2.57. The van der Waals surface area contributed by atoms with Crippen LogP contribution in [-0.2, 0) is 0 Å². The van der Waals surface area contributed by atoms with E-state index >= 15 is 0 Å². The molecule has 1 atom stereocenters. The summed E-state index contributed by atoms with van der Waals surface area (Å²) in [4.78, 5) is 0. The van der Waals surface area contributed by atoms with Crippen molar-refractivity contribution in [1.82, 2.24) is 15.1 Å². The molecule has 0 aliphatic carbocycles. The van der Waals surface area contributed by atoms with Crippen molar-refractivity contribution in [2.75, 3.05) is 25.0 Å². The SMILES string of the molecule is CCNCC(O)(CNc1cccc2c1cnn2-c1ccc(F)cc1)C(F)(F)F. The minimum atomic E-state index is -4.80. The molecule has 0 aliphatic heterocycles. The van der Waals surface area contributed by atoms with Crippen LogP contribution in [-0.4, -0.2) is 46.3 Å². The second-order valence-electron chi connectivity index (χ2n) is 6.43. The van der Waals surface area contributed by atoms with Crippen LogP contribution in [0.1, 0.15) is 6.92 Å². The number of aliphatic hydroxyl groups is 1. The number of fused-ring (bicyclic) bond motifs is 1. The number of halogens is 4. The molecule has 1 aromatic heterocycles. The van der Waals surface area contributed by atoms with Crippen LogP contribution < -0.4 is 10.6 Å². The summed E-state index contributed by atoms with van der Waals surface area (Å²) < 4.78 is 54.7. The van der Waals surface area contributed by atoms with Gasteiger partial charge in [-0.15, -0.1) is 0 Å². The van der Waals surface area contributed by atoms with Gasteiger partial charge in [0.15, 0.2) is 5.60 Å². The normalized spacial score (nSPS) is 14.2. The molecule has 5 nitrogen and oxygen atoms in total. The molecule has 2 aromatic carbocycles. The predicted molar refractivity (Wildman–Crippen MR) is 99.1 cm³/mol. The van der Waals surface area contributed by atoms with Crippen molar-refractivity contribution in [1.29, 1.82) is 0 Å². The number of aromatic nitrogens is 2. The molecule has 0 fully saturated rings. The van der Waals surface area contributed by atoms with Crippen LogP contribution >= 0.6 is 0 Å². The molecule has 1 heterocycles. The molecule has 28 heavy (non-hydrogen) atoms. The topological polar surface area (TPSA) is 62.1 Å². The van der Waals surface area contributed by atoms with E-state index in [0.29, 0.717) is 28.8 Å². The average Bonchev–Trinajstić information content (AvgIpc) is 3.09. The highest BCUT2D eigenvalue weighted by atomic mass is 19.4. The molecular weight excluding hydrogens is 376 g/mol. The van der Waals surface area contributed by atoms with E-state index in [0.717, 1.165) is 0 Å². The Morgan fingerprint density at radius 1 is 1.07 bits per heavy atom.